The normalized spacial score (nSPS) is 23.4. The molecule has 3 aliphatic heterocycles. The lowest BCUT2D eigenvalue weighted by molar-refractivity contribution is -0.145. The number of aromatic amines is 1. The number of aromatic nitrogens is 1. The first-order chi connectivity index (χ1) is 43.8. The smallest absolute Gasteiger partial charge is 0.243 e. The highest BCUT2D eigenvalue weighted by molar-refractivity contribution is 7.99. The second-order valence-electron chi connectivity index (χ2n) is 26.0. The van der Waals surface area contributed by atoms with E-state index in [0.717, 1.165) is 16.7 Å². The van der Waals surface area contributed by atoms with E-state index in [1.54, 1.807) is 97.9 Å². The van der Waals surface area contributed by atoms with E-state index < -0.39 is 188 Å². The zero-order valence-corrected chi connectivity index (χ0v) is 55.0. The Morgan fingerprint density at radius 3 is 2.12 bits per heavy atom. The molecule has 2 aromatic carbocycles. The predicted octanol–water partition coefficient (Wildman–Crippen LogP) is 1.19. The van der Waals surface area contributed by atoms with Gasteiger partial charge in [0, 0.05) is 97.6 Å². The number of anilines is 1. The molecule has 2 unspecified atom stereocenters. The number of aliphatic hydroxyl groups excluding tert-OH is 3. The first-order valence-corrected chi connectivity index (χ1v) is 32.5. The van der Waals surface area contributed by atoms with Crippen LogP contribution < -0.4 is 47.7 Å². The van der Waals surface area contributed by atoms with Crippen LogP contribution in [0.2, 0.25) is 0 Å². The van der Waals surface area contributed by atoms with Gasteiger partial charge in [0.05, 0.1) is 66.5 Å². The van der Waals surface area contributed by atoms with Crippen molar-refractivity contribution in [2.75, 3.05) is 37.3 Å². The van der Waals surface area contributed by atoms with Crippen LogP contribution in [0.15, 0.2) is 47.5 Å². The molecule has 93 heavy (non-hydrogen) atoms. The molecule has 0 aliphatic carbocycles. The molecule has 6 rings (SSSR count). The number of carbonyl (C=O) groups is 13. The molecule has 2 bridgehead atoms. The molecule has 1 fully saturated rings. The zero-order chi connectivity index (χ0) is 68.8. The quantitative estimate of drug-likeness (QED) is 0.0756. The van der Waals surface area contributed by atoms with Gasteiger partial charge in [-0.05, 0) is 53.6 Å². The third kappa shape index (κ3) is 20.5. The van der Waals surface area contributed by atoms with Gasteiger partial charge in [0.15, 0.2) is 17.3 Å². The van der Waals surface area contributed by atoms with Gasteiger partial charge in [0.2, 0.25) is 53.2 Å². The number of aliphatic hydroxyl groups is 3. The zero-order valence-electron chi connectivity index (χ0n) is 54.1. The molecule has 3 aromatic rings. The van der Waals surface area contributed by atoms with Gasteiger partial charge in [-0.2, -0.15) is 0 Å². The third-order valence-electron chi connectivity index (χ3n) is 17.3. The number of hydrogen-bond donors (Lipinski definition) is 12. The summed E-state index contributed by atoms with van der Waals surface area (Å²) in [7, 11) is 0. The first kappa shape index (κ1) is 74.0. The molecule has 0 radical (unpaired) electrons. The first-order valence-electron chi connectivity index (χ1n) is 31.5. The van der Waals surface area contributed by atoms with Crippen molar-refractivity contribution < 1.29 is 82.4 Å². The highest BCUT2D eigenvalue weighted by atomic mass is 32.2. The Morgan fingerprint density at radius 1 is 0.817 bits per heavy atom. The molecular weight excluding hydrogens is 1220 g/mol. The minimum absolute atomic E-state index is 0.0198. The van der Waals surface area contributed by atoms with Crippen LogP contribution in [0.1, 0.15) is 125 Å². The van der Waals surface area contributed by atoms with Gasteiger partial charge in [0.1, 0.15) is 30.2 Å². The van der Waals surface area contributed by atoms with E-state index in [1.807, 2.05) is 0 Å². The summed E-state index contributed by atoms with van der Waals surface area (Å²) in [4.78, 5) is 183. The molecule has 1 aromatic heterocycles. The van der Waals surface area contributed by atoms with Crippen molar-refractivity contribution in [1.29, 1.82) is 0 Å². The SMILES string of the molecule is CC[C@H](C)[C@@H]1NC(=O)CNC(=O)[C@H]2CC(=O)[C@H]([C@@H](C)[C@@H](O)CO)NC(=O)[C@@H]3CC(O)CN3C(=O)[C@H](CC(N)=O)CC(=O)C(CSc3[nH]c4cc(OCc5ccc(NC(=O)[C@H](C)CC(=O)[C@@H](NC(=O)CCC(=O)C(C)(C)C)C(C)C)cc5)ccc4c3C2)NC(=O)CNC1=O. The van der Waals surface area contributed by atoms with Gasteiger partial charge in [-0.3, -0.25) is 62.3 Å². The molecule has 0 saturated carbocycles. The lowest BCUT2D eigenvalue weighted by Crippen LogP contribution is -2.56. The van der Waals surface area contributed by atoms with Gasteiger partial charge in [-0.15, -0.1) is 11.8 Å². The molecule has 4 heterocycles. The number of ketones is 4. The molecule has 0 spiro atoms. The second kappa shape index (κ2) is 33.2. The summed E-state index contributed by atoms with van der Waals surface area (Å²) in [5.41, 5.74) is 6.99. The topological polar surface area (TPSA) is 421 Å². The van der Waals surface area contributed by atoms with Crippen molar-refractivity contribution in [2.45, 2.75) is 174 Å². The van der Waals surface area contributed by atoms with Crippen LogP contribution in [0.3, 0.4) is 0 Å². The number of rotatable bonds is 20. The number of primary amides is 1. The highest BCUT2D eigenvalue weighted by Gasteiger charge is 2.45. The maximum atomic E-state index is 14.9. The molecule has 3 aliphatic rings. The number of nitrogens with zero attached hydrogens (tertiary/aromatic N) is 1. The Bertz CT molecular complexity index is 3290. The van der Waals surface area contributed by atoms with E-state index in [-0.39, 0.29) is 61.9 Å². The highest BCUT2D eigenvalue weighted by Crippen LogP contribution is 2.36. The van der Waals surface area contributed by atoms with Gasteiger partial charge in [0.25, 0.3) is 0 Å². The number of nitrogens with one attached hydrogen (secondary N) is 8. The van der Waals surface area contributed by atoms with E-state index in [0.29, 0.717) is 44.9 Å². The summed E-state index contributed by atoms with van der Waals surface area (Å²) >= 11 is 1.01. The summed E-state index contributed by atoms with van der Waals surface area (Å²) in [5, 5.41) is 51.3. The summed E-state index contributed by atoms with van der Waals surface area (Å²) in [6, 6.07) is 5.08. The number of carbonyl (C=O) groups excluding carboxylic acids is 13. The Labute approximate surface area is 544 Å². The molecule has 9 amide bonds. The van der Waals surface area contributed by atoms with E-state index in [1.165, 1.54) is 6.92 Å². The van der Waals surface area contributed by atoms with E-state index in [4.69, 9.17) is 10.5 Å². The van der Waals surface area contributed by atoms with Crippen LogP contribution in [0.4, 0.5) is 5.69 Å². The summed E-state index contributed by atoms with van der Waals surface area (Å²) < 4.78 is 6.25. The average Bonchev–Trinajstić information content (AvgIpc) is 1.64. The van der Waals surface area contributed by atoms with Crippen molar-refractivity contribution in [2.24, 2.45) is 46.7 Å². The van der Waals surface area contributed by atoms with Gasteiger partial charge in [-0.1, -0.05) is 80.9 Å². The van der Waals surface area contributed by atoms with Gasteiger partial charge >= 0.3 is 0 Å². The minimum Gasteiger partial charge on any atom is -0.489 e. The number of ether oxygens (including phenoxy) is 1. The fourth-order valence-electron chi connectivity index (χ4n) is 11.3. The van der Waals surface area contributed by atoms with Crippen LogP contribution in [0.25, 0.3) is 10.9 Å². The monoisotopic (exact) mass is 1310 g/mol. The molecule has 28 heteroatoms. The van der Waals surface area contributed by atoms with Crippen LogP contribution >= 0.6 is 11.8 Å². The number of hydrogen-bond acceptors (Lipinski definition) is 18. The lowest BCUT2D eigenvalue weighted by Gasteiger charge is -2.32. The van der Waals surface area contributed by atoms with E-state index in [2.05, 4.69) is 42.2 Å². The third-order valence-corrected chi connectivity index (χ3v) is 18.4. The fraction of sp³-hybridized carbons (Fsp3) is 0.585. The number of H-pyrrole nitrogens is 1. The van der Waals surface area contributed by atoms with Crippen molar-refractivity contribution in [1.82, 2.24) is 41.8 Å². The number of Topliss-reactive ketones (excluding diaryl/α,β-unsaturated/α-hetero) is 4. The second-order valence-corrected chi connectivity index (χ2v) is 27.1. The van der Waals surface area contributed by atoms with Crippen LogP contribution in [-0.4, -0.2) is 176 Å². The Balaban J connectivity index is 1.33. The minimum atomic E-state index is -1.65. The number of amides is 9. The van der Waals surface area contributed by atoms with E-state index in [9.17, 15) is 77.6 Å². The summed E-state index contributed by atoms with van der Waals surface area (Å²) in [5.74, 6) is -14.6. The van der Waals surface area contributed by atoms with Crippen molar-refractivity contribution >= 4 is 105 Å². The Kier molecular flexibility index (Phi) is 26.4. The van der Waals surface area contributed by atoms with Crippen molar-refractivity contribution in [3.8, 4) is 5.75 Å². The molecule has 12 atom stereocenters. The maximum Gasteiger partial charge on any atom is 0.243 e. The van der Waals surface area contributed by atoms with Gasteiger partial charge < -0.3 is 72.9 Å². The van der Waals surface area contributed by atoms with Crippen molar-refractivity contribution in [3.63, 3.8) is 0 Å². The molecule has 508 valence electrons. The summed E-state index contributed by atoms with van der Waals surface area (Å²) in [6.45, 7) is 12.7. The predicted molar refractivity (Wildman–Crippen MR) is 341 cm³/mol. The average molecular weight is 1320 g/mol. The van der Waals surface area contributed by atoms with Gasteiger partial charge in [-0.25, -0.2) is 0 Å². The maximum absolute atomic E-state index is 14.9. The standard InChI is InChI=1S/C65H90N10O17S/c1-10-33(4)57-62(90)68-26-54(85)70-45-31-93-63-43(20-37(60(88)67-27-55(86)73-57)21-49(80)58(35(6)50(81)29-76)74-61(89)46-24-40(77)28-75(46)64(91)38(22-47(45)78)23-52(66)83)42-16-15-41(25-44(42)71-63)92-30-36-11-13-39(14-12-36)69-59(87)34(5)19-48(79)56(32(2)3)72-53(84)18-17-51(82)65(7,8)9/h11-16,25,32-35,37-38,40,45-46,50,56-58,71,76-77,81H,10,17-24,26-31H2,1-9H3,(H2,66,83)(H,67,88)(H,68,90)(H,69,87)(H,70,85)(H,72,84)(H,73,86)(H,74,89)/t33-,34+,35-,37+,38-,40?,45?,46-,50-,56-,57-,58-/m0/s1. The summed E-state index contributed by atoms with van der Waals surface area (Å²) in [6.07, 6.45) is -5.43. The lowest BCUT2D eigenvalue weighted by atomic mass is 9.85. The largest absolute Gasteiger partial charge is 0.489 e. The van der Waals surface area contributed by atoms with Crippen LogP contribution in [0, 0.1) is 40.9 Å². The van der Waals surface area contributed by atoms with Crippen molar-refractivity contribution in [3.05, 3.63) is 53.6 Å². The Hall–Kier alpha value is -8.08. The van der Waals surface area contributed by atoms with E-state index >= 15 is 0 Å². The fourth-order valence-corrected chi connectivity index (χ4v) is 12.5. The van der Waals surface area contributed by atoms with Crippen LogP contribution in [-0.2, 0) is 75.4 Å². The molecule has 13 N–H and O–H groups in total. The Morgan fingerprint density at radius 2 is 1.48 bits per heavy atom. The van der Waals surface area contributed by atoms with Crippen LogP contribution in [0.5, 0.6) is 5.75 Å². The number of nitrogens with two attached hydrogens (primary N) is 1. The number of fused-ring (bicyclic) bond motifs is 5. The number of benzene rings is 2. The molecule has 27 nitrogen and oxygen atoms in total. The molecule has 1 saturated heterocycles. The molecular formula is C65H90N10O17S. The number of thioether (sulfide) groups is 1.